The number of sulfonamides is 1. The number of rotatable bonds is 5. The summed E-state index contributed by atoms with van der Waals surface area (Å²) < 4.78 is 26.9. The van der Waals surface area contributed by atoms with Gasteiger partial charge in [-0.25, -0.2) is 13.1 Å². The number of halogens is 2. The molecule has 1 saturated heterocycles. The first-order chi connectivity index (χ1) is 9.49. The first kappa shape index (κ1) is 16.0. The molecule has 1 aliphatic heterocycles. The van der Waals surface area contributed by atoms with Crippen molar-refractivity contribution in [3.05, 3.63) is 28.2 Å². The summed E-state index contributed by atoms with van der Waals surface area (Å²) in [6.45, 7) is 3.21. The molecular formula is C13H18Cl2N2O2S. The highest BCUT2D eigenvalue weighted by Crippen LogP contribution is 2.24. The fourth-order valence-electron chi connectivity index (χ4n) is 2.29. The van der Waals surface area contributed by atoms with E-state index in [2.05, 4.69) is 9.62 Å². The summed E-state index contributed by atoms with van der Waals surface area (Å²) in [7, 11) is -3.58. The zero-order chi connectivity index (χ0) is 14.6. The smallest absolute Gasteiger partial charge is 0.242 e. The third-order valence-corrected chi connectivity index (χ3v) is 5.53. The first-order valence-corrected chi connectivity index (χ1v) is 8.90. The Morgan fingerprint density at radius 2 is 1.85 bits per heavy atom. The highest BCUT2D eigenvalue weighted by molar-refractivity contribution is 7.89. The summed E-state index contributed by atoms with van der Waals surface area (Å²) >= 11 is 11.7. The van der Waals surface area contributed by atoms with Gasteiger partial charge in [-0.1, -0.05) is 29.6 Å². The molecule has 1 aromatic carbocycles. The van der Waals surface area contributed by atoms with Gasteiger partial charge in [0.05, 0.1) is 5.02 Å². The van der Waals surface area contributed by atoms with Crippen molar-refractivity contribution in [1.29, 1.82) is 0 Å². The Balaban J connectivity index is 1.93. The average Bonchev–Trinajstić information content (AvgIpc) is 2.39. The topological polar surface area (TPSA) is 49.4 Å². The Labute approximate surface area is 130 Å². The maximum absolute atomic E-state index is 12.1. The molecule has 20 heavy (non-hydrogen) atoms. The molecule has 0 aliphatic carbocycles. The number of nitrogens with zero attached hydrogens (tertiary/aromatic N) is 1. The molecule has 0 bridgehead atoms. The predicted molar refractivity (Wildman–Crippen MR) is 81.9 cm³/mol. The lowest BCUT2D eigenvalue weighted by Gasteiger charge is -2.26. The van der Waals surface area contributed by atoms with Crippen LogP contribution in [0.3, 0.4) is 0 Å². The molecule has 0 spiro atoms. The summed E-state index contributed by atoms with van der Waals surface area (Å²) in [6, 6.07) is 4.38. The molecule has 0 radical (unpaired) electrons. The van der Waals surface area contributed by atoms with Crippen LogP contribution in [0.1, 0.15) is 19.3 Å². The largest absolute Gasteiger partial charge is 0.302 e. The van der Waals surface area contributed by atoms with Gasteiger partial charge in [0.1, 0.15) is 4.90 Å². The standard InChI is InChI=1S/C13H18Cl2N2O2S/c14-11-4-5-13(12(15)10-11)20(18,19)16-6-9-17-7-2-1-3-8-17/h4-5,10,16H,1-3,6-9H2. The van der Waals surface area contributed by atoms with Crippen molar-refractivity contribution in [2.75, 3.05) is 26.2 Å². The second-order valence-corrected chi connectivity index (χ2v) is 7.45. The molecule has 1 aromatic rings. The van der Waals surface area contributed by atoms with Crippen molar-refractivity contribution >= 4 is 33.2 Å². The molecule has 0 atom stereocenters. The number of hydrogen-bond donors (Lipinski definition) is 1. The van der Waals surface area contributed by atoms with Crippen molar-refractivity contribution in [1.82, 2.24) is 9.62 Å². The van der Waals surface area contributed by atoms with Gasteiger partial charge in [0, 0.05) is 18.1 Å². The molecule has 0 saturated carbocycles. The van der Waals surface area contributed by atoms with Gasteiger partial charge in [-0.3, -0.25) is 0 Å². The van der Waals surface area contributed by atoms with Crippen LogP contribution in [-0.2, 0) is 10.0 Å². The van der Waals surface area contributed by atoms with Crippen molar-refractivity contribution < 1.29 is 8.42 Å². The normalized spacial score (nSPS) is 17.3. The fourth-order valence-corrected chi connectivity index (χ4v) is 4.08. The molecule has 1 aliphatic rings. The van der Waals surface area contributed by atoms with Gasteiger partial charge < -0.3 is 4.90 Å². The lowest BCUT2D eigenvalue weighted by atomic mass is 10.1. The van der Waals surface area contributed by atoms with Gasteiger partial charge in [-0.2, -0.15) is 0 Å². The van der Waals surface area contributed by atoms with Gasteiger partial charge in [0.2, 0.25) is 10.0 Å². The summed E-state index contributed by atoms with van der Waals surface area (Å²) in [6.07, 6.45) is 3.65. The lowest BCUT2D eigenvalue weighted by molar-refractivity contribution is 0.233. The molecule has 1 heterocycles. The van der Waals surface area contributed by atoms with Crippen molar-refractivity contribution in [3.8, 4) is 0 Å². The number of piperidine rings is 1. The van der Waals surface area contributed by atoms with Crippen LogP contribution < -0.4 is 4.72 Å². The molecule has 7 heteroatoms. The van der Waals surface area contributed by atoms with E-state index in [9.17, 15) is 8.42 Å². The maximum atomic E-state index is 12.1. The Bertz CT molecular complexity index is 557. The minimum Gasteiger partial charge on any atom is -0.302 e. The zero-order valence-corrected chi connectivity index (χ0v) is 13.4. The minimum absolute atomic E-state index is 0.0715. The Hall–Kier alpha value is -0.330. The third-order valence-electron chi connectivity index (χ3n) is 3.35. The zero-order valence-electron chi connectivity index (χ0n) is 11.1. The second-order valence-electron chi connectivity index (χ2n) is 4.87. The predicted octanol–water partition coefficient (Wildman–Crippen LogP) is 2.76. The van der Waals surface area contributed by atoms with Gasteiger partial charge in [-0.15, -0.1) is 0 Å². The van der Waals surface area contributed by atoms with E-state index in [-0.39, 0.29) is 9.92 Å². The number of nitrogens with one attached hydrogen (secondary N) is 1. The van der Waals surface area contributed by atoms with Crippen LogP contribution in [0.2, 0.25) is 10.0 Å². The highest BCUT2D eigenvalue weighted by Gasteiger charge is 2.18. The molecule has 1 fully saturated rings. The van der Waals surface area contributed by atoms with Crippen LogP contribution in [0.4, 0.5) is 0 Å². The molecule has 0 aromatic heterocycles. The van der Waals surface area contributed by atoms with E-state index in [1.807, 2.05) is 0 Å². The molecule has 2 rings (SSSR count). The van der Waals surface area contributed by atoms with Gasteiger partial charge in [0.25, 0.3) is 0 Å². The van der Waals surface area contributed by atoms with E-state index in [1.165, 1.54) is 37.5 Å². The average molecular weight is 337 g/mol. The quantitative estimate of drug-likeness (QED) is 0.899. The Kier molecular flexibility index (Phi) is 5.69. The van der Waals surface area contributed by atoms with Crippen LogP contribution >= 0.6 is 23.2 Å². The fraction of sp³-hybridized carbons (Fsp3) is 0.538. The molecule has 0 amide bonds. The van der Waals surface area contributed by atoms with Crippen LogP contribution in [0.5, 0.6) is 0 Å². The second kappa shape index (κ2) is 7.09. The maximum Gasteiger partial charge on any atom is 0.242 e. The molecule has 4 nitrogen and oxygen atoms in total. The summed E-state index contributed by atoms with van der Waals surface area (Å²) in [5.41, 5.74) is 0. The van der Waals surface area contributed by atoms with E-state index in [4.69, 9.17) is 23.2 Å². The van der Waals surface area contributed by atoms with E-state index < -0.39 is 10.0 Å². The summed E-state index contributed by atoms with van der Waals surface area (Å²) in [4.78, 5) is 2.34. The van der Waals surface area contributed by atoms with Crippen LogP contribution in [0.25, 0.3) is 0 Å². The SMILES string of the molecule is O=S(=O)(NCCN1CCCCC1)c1ccc(Cl)cc1Cl. The van der Waals surface area contributed by atoms with Crippen LogP contribution in [0, 0.1) is 0 Å². The number of likely N-dealkylation sites (tertiary alicyclic amines) is 1. The minimum atomic E-state index is -3.58. The van der Waals surface area contributed by atoms with Crippen molar-refractivity contribution in [2.24, 2.45) is 0 Å². The molecule has 112 valence electrons. The molecular weight excluding hydrogens is 319 g/mol. The van der Waals surface area contributed by atoms with E-state index in [0.29, 0.717) is 11.6 Å². The first-order valence-electron chi connectivity index (χ1n) is 6.66. The Morgan fingerprint density at radius 1 is 1.15 bits per heavy atom. The Morgan fingerprint density at radius 3 is 2.50 bits per heavy atom. The van der Waals surface area contributed by atoms with Gasteiger partial charge in [-0.05, 0) is 44.1 Å². The van der Waals surface area contributed by atoms with Crippen LogP contribution in [0.15, 0.2) is 23.1 Å². The number of hydrogen-bond acceptors (Lipinski definition) is 3. The van der Waals surface area contributed by atoms with Crippen LogP contribution in [-0.4, -0.2) is 39.5 Å². The van der Waals surface area contributed by atoms with Gasteiger partial charge >= 0.3 is 0 Å². The third kappa shape index (κ3) is 4.33. The summed E-state index contributed by atoms with van der Waals surface area (Å²) in [5.74, 6) is 0. The summed E-state index contributed by atoms with van der Waals surface area (Å²) in [5, 5.41) is 0.560. The van der Waals surface area contributed by atoms with E-state index in [1.54, 1.807) is 0 Å². The van der Waals surface area contributed by atoms with Crippen molar-refractivity contribution in [2.45, 2.75) is 24.2 Å². The highest BCUT2D eigenvalue weighted by atomic mass is 35.5. The molecule has 0 unspecified atom stereocenters. The lowest BCUT2D eigenvalue weighted by Crippen LogP contribution is -2.37. The van der Waals surface area contributed by atoms with E-state index >= 15 is 0 Å². The van der Waals surface area contributed by atoms with Gasteiger partial charge in [0.15, 0.2) is 0 Å². The molecule has 1 N–H and O–H groups in total. The number of benzene rings is 1. The monoisotopic (exact) mass is 336 g/mol. The van der Waals surface area contributed by atoms with Crippen molar-refractivity contribution in [3.63, 3.8) is 0 Å². The van der Waals surface area contributed by atoms with E-state index in [0.717, 1.165) is 19.6 Å².